The Morgan fingerprint density at radius 3 is 2.16 bits per heavy atom. The molecule has 0 spiro atoms. The lowest BCUT2D eigenvalue weighted by Crippen LogP contribution is -2.15. The van der Waals surface area contributed by atoms with Crippen molar-refractivity contribution in [1.29, 1.82) is 0 Å². The van der Waals surface area contributed by atoms with Crippen molar-refractivity contribution in [3.8, 4) is 0 Å². The first-order valence-electron chi connectivity index (χ1n) is 10.4. The van der Waals surface area contributed by atoms with E-state index in [1.165, 1.54) is 49.4 Å². The van der Waals surface area contributed by atoms with E-state index in [1.807, 2.05) is 0 Å². The summed E-state index contributed by atoms with van der Waals surface area (Å²) in [6.07, 6.45) is 2.79. The molecule has 37 heavy (non-hydrogen) atoms. The zero-order valence-electron chi connectivity index (χ0n) is 19.0. The van der Waals surface area contributed by atoms with Gasteiger partial charge in [0, 0.05) is 16.5 Å². The van der Waals surface area contributed by atoms with Gasteiger partial charge in [-0.1, -0.05) is 82.8 Å². The number of carbonyl (C=O) groups excluding carboxylic acids is 1. The lowest BCUT2D eigenvalue weighted by Gasteiger charge is -2.11. The third-order valence-electron chi connectivity index (χ3n) is 5.11. The number of nitrogens with zero attached hydrogens (tertiary/aromatic N) is 2. The summed E-state index contributed by atoms with van der Waals surface area (Å²) >= 11 is 20.4. The molecule has 4 rings (SSSR count). The van der Waals surface area contributed by atoms with Crippen molar-refractivity contribution >= 4 is 91.0 Å². The molecule has 0 bridgehead atoms. The minimum absolute atomic E-state index is 0.0456. The number of ketones is 1. The van der Waals surface area contributed by atoms with E-state index in [-0.39, 0.29) is 38.2 Å². The van der Waals surface area contributed by atoms with E-state index in [9.17, 15) is 23.3 Å². The molecule has 192 valence electrons. The van der Waals surface area contributed by atoms with Crippen molar-refractivity contribution in [1.82, 2.24) is 3.97 Å². The maximum absolute atomic E-state index is 13.6. The van der Waals surface area contributed by atoms with E-state index in [0.29, 0.717) is 10.9 Å². The van der Waals surface area contributed by atoms with Crippen LogP contribution in [0.4, 0.5) is 5.69 Å². The highest BCUT2D eigenvalue weighted by Gasteiger charge is 2.27. The summed E-state index contributed by atoms with van der Waals surface area (Å²) in [5, 5.41) is 12.2. The van der Waals surface area contributed by atoms with Crippen LogP contribution in [0.25, 0.3) is 23.1 Å². The Morgan fingerprint density at radius 2 is 1.57 bits per heavy atom. The monoisotopic (exact) mass is 598 g/mol. The van der Waals surface area contributed by atoms with Gasteiger partial charge in [-0.25, -0.2) is 12.4 Å². The summed E-state index contributed by atoms with van der Waals surface area (Å²) in [7, 11) is -4.09. The van der Waals surface area contributed by atoms with Crippen molar-refractivity contribution in [2.75, 3.05) is 0 Å². The summed E-state index contributed by atoms with van der Waals surface area (Å²) < 4.78 is 27.6. The fourth-order valence-corrected chi connectivity index (χ4v) is 5.42. The number of nitro groups is 1. The van der Waals surface area contributed by atoms with E-state index in [0.717, 1.165) is 3.97 Å². The van der Waals surface area contributed by atoms with Crippen molar-refractivity contribution in [2.24, 2.45) is 0 Å². The standard InChI is InChI=1S/C24H17ClN2O5S.CHCl3/c1-16(28)24-20-9-5-6-10-22(20)26(33(31,32)19-7-3-2-4-8-19)23(24)13-11-17-15-18(25)12-14-21(17)27(29)30;2-1(3)4/h2-15H,1H3;1H/b13-11+;. The Hall–Kier alpha value is -2.88. The molecule has 0 aliphatic rings. The molecule has 0 N–H and O–H groups in total. The van der Waals surface area contributed by atoms with E-state index >= 15 is 0 Å². The van der Waals surface area contributed by atoms with Crippen LogP contribution in [0.2, 0.25) is 5.02 Å². The second-order valence-corrected chi connectivity index (χ2v) is 11.7. The molecule has 0 saturated heterocycles. The van der Waals surface area contributed by atoms with Crippen molar-refractivity contribution in [3.05, 3.63) is 105 Å². The van der Waals surface area contributed by atoms with Gasteiger partial charge in [0.2, 0.25) is 0 Å². The summed E-state index contributed by atoms with van der Waals surface area (Å²) in [4.78, 5) is 23.6. The third-order valence-corrected chi connectivity index (χ3v) is 7.08. The SMILES string of the molecule is CC(=O)c1c(/C=C/c2cc(Cl)ccc2[N+](=O)[O-])n(S(=O)(=O)c2ccccc2)c2ccccc12.ClC(Cl)Cl. The number of halogens is 4. The molecule has 1 heterocycles. The average molecular weight is 600 g/mol. The normalized spacial score (nSPS) is 11.5. The van der Waals surface area contributed by atoms with Crippen LogP contribution in [-0.2, 0) is 10.0 Å². The van der Waals surface area contributed by atoms with Gasteiger partial charge in [0.1, 0.15) is 0 Å². The number of hydrogen-bond acceptors (Lipinski definition) is 5. The molecule has 0 aliphatic carbocycles. The fourth-order valence-electron chi connectivity index (χ4n) is 3.70. The Labute approximate surface area is 233 Å². The number of alkyl halides is 3. The Balaban J connectivity index is 0.000000886. The quantitative estimate of drug-likeness (QED) is 0.0974. The van der Waals surface area contributed by atoms with Crippen LogP contribution in [0.15, 0.2) is 77.7 Å². The number of fused-ring (bicyclic) bond motifs is 1. The van der Waals surface area contributed by atoms with Gasteiger partial charge in [0.05, 0.1) is 32.2 Å². The molecule has 3 aromatic carbocycles. The molecular weight excluding hydrogens is 582 g/mol. The first-order valence-corrected chi connectivity index (χ1v) is 13.6. The molecule has 1 aromatic heterocycles. The summed E-state index contributed by atoms with van der Waals surface area (Å²) in [5.41, 5.74) is 0.601. The number of benzene rings is 3. The number of Topliss-reactive ketones (excluding diaryl/α,β-unsaturated/α-hetero) is 1. The zero-order chi connectivity index (χ0) is 27.3. The average Bonchev–Trinajstić information content (AvgIpc) is 3.18. The van der Waals surface area contributed by atoms with E-state index in [1.54, 1.807) is 42.5 Å². The number of rotatable bonds is 6. The van der Waals surface area contributed by atoms with Crippen LogP contribution in [0.1, 0.15) is 28.5 Å². The Morgan fingerprint density at radius 1 is 0.973 bits per heavy atom. The van der Waals surface area contributed by atoms with Crippen molar-refractivity contribution < 1.29 is 18.1 Å². The van der Waals surface area contributed by atoms with Crippen LogP contribution in [0, 0.1) is 10.1 Å². The van der Waals surface area contributed by atoms with E-state index in [4.69, 9.17) is 46.4 Å². The molecule has 0 amide bonds. The highest BCUT2D eigenvalue weighted by Crippen LogP contribution is 2.33. The van der Waals surface area contributed by atoms with Gasteiger partial charge in [-0.2, -0.15) is 0 Å². The molecular formula is C25H18Cl4N2O5S. The number of aromatic nitrogens is 1. The van der Waals surface area contributed by atoms with Crippen molar-refractivity contribution in [3.63, 3.8) is 0 Å². The maximum atomic E-state index is 13.6. The van der Waals surface area contributed by atoms with Gasteiger partial charge < -0.3 is 0 Å². The molecule has 0 radical (unpaired) electrons. The van der Waals surface area contributed by atoms with Crippen LogP contribution in [-0.4, -0.2) is 27.4 Å². The molecule has 0 unspecified atom stereocenters. The zero-order valence-corrected chi connectivity index (χ0v) is 22.9. The molecule has 7 nitrogen and oxygen atoms in total. The van der Waals surface area contributed by atoms with Gasteiger partial charge in [-0.05, 0) is 49.4 Å². The number of carbonyl (C=O) groups is 1. The predicted molar refractivity (Wildman–Crippen MR) is 149 cm³/mol. The van der Waals surface area contributed by atoms with Crippen LogP contribution >= 0.6 is 46.4 Å². The minimum Gasteiger partial charge on any atom is -0.294 e. The summed E-state index contributed by atoms with van der Waals surface area (Å²) in [6.45, 7) is 1.35. The maximum Gasteiger partial charge on any atom is 0.276 e. The van der Waals surface area contributed by atoms with Crippen LogP contribution in [0.3, 0.4) is 0 Å². The Bertz CT molecular complexity index is 1600. The van der Waals surface area contributed by atoms with Gasteiger partial charge in [0.25, 0.3) is 15.7 Å². The van der Waals surface area contributed by atoms with Gasteiger partial charge in [-0.3, -0.25) is 14.9 Å². The molecule has 0 aliphatic heterocycles. The number of para-hydroxylation sites is 1. The second kappa shape index (κ2) is 12.1. The van der Waals surface area contributed by atoms with E-state index < -0.39 is 19.2 Å². The summed E-state index contributed by atoms with van der Waals surface area (Å²) in [5.74, 6) is -0.339. The highest BCUT2D eigenvalue weighted by molar-refractivity contribution is 7.90. The minimum atomic E-state index is -4.09. The van der Waals surface area contributed by atoms with Gasteiger partial charge in [0.15, 0.2) is 10.1 Å². The third kappa shape index (κ3) is 6.52. The summed E-state index contributed by atoms with van der Waals surface area (Å²) in [6, 6.07) is 18.6. The molecule has 0 atom stereocenters. The highest BCUT2D eigenvalue weighted by atomic mass is 35.6. The van der Waals surface area contributed by atoms with E-state index in [2.05, 4.69) is 0 Å². The van der Waals surface area contributed by atoms with Gasteiger partial charge >= 0.3 is 0 Å². The largest absolute Gasteiger partial charge is 0.294 e. The topological polar surface area (TPSA) is 99.3 Å². The fraction of sp³-hybridized carbons (Fsp3) is 0.0800. The number of nitro benzene ring substituents is 1. The lowest BCUT2D eigenvalue weighted by atomic mass is 10.1. The molecule has 12 heteroatoms. The van der Waals surface area contributed by atoms with Crippen LogP contribution < -0.4 is 0 Å². The second-order valence-electron chi connectivity index (χ2n) is 7.46. The first kappa shape index (κ1) is 28.7. The van der Waals surface area contributed by atoms with Crippen LogP contribution in [0.5, 0.6) is 0 Å². The number of hydrogen-bond donors (Lipinski definition) is 0. The molecule has 0 fully saturated rings. The predicted octanol–water partition coefficient (Wildman–Crippen LogP) is 7.80. The molecule has 0 saturated carbocycles. The molecule has 4 aromatic rings. The first-order chi connectivity index (χ1) is 17.4. The lowest BCUT2D eigenvalue weighted by molar-refractivity contribution is -0.385. The smallest absolute Gasteiger partial charge is 0.276 e. The van der Waals surface area contributed by atoms with Gasteiger partial charge in [-0.15, -0.1) is 0 Å². The Kier molecular flexibility index (Phi) is 9.39. The van der Waals surface area contributed by atoms with Crippen molar-refractivity contribution in [2.45, 2.75) is 16.1 Å².